The fraction of sp³-hybridized carbons (Fsp3) is 0.900. The van der Waals surface area contributed by atoms with E-state index in [-0.39, 0.29) is 11.9 Å². The minimum absolute atomic E-state index is 0.261. The number of aliphatic hydroxyl groups is 1. The van der Waals surface area contributed by atoms with Gasteiger partial charge in [-0.25, -0.2) is 0 Å². The molecule has 0 radical (unpaired) electrons. The summed E-state index contributed by atoms with van der Waals surface area (Å²) in [6.07, 6.45) is 2.14. The van der Waals surface area contributed by atoms with Crippen LogP contribution < -0.4 is 5.73 Å². The Bertz CT molecular complexity index is 231. The largest absolute Gasteiger partial charge is 0.409 e. The second-order valence-electron chi connectivity index (χ2n) is 4.68. The third-order valence-electron chi connectivity index (χ3n) is 3.13. The van der Waals surface area contributed by atoms with Crippen molar-refractivity contribution < 1.29 is 10.3 Å². The van der Waals surface area contributed by atoms with Crippen molar-refractivity contribution in [3.8, 4) is 0 Å². The van der Waals surface area contributed by atoms with Crippen LogP contribution in [-0.2, 0) is 0 Å². The van der Waals surface area contributed by atoms with E-state index in [0.717, 1.165) is 25.9 Å². The molecule has 1 rings (SSSR count). The van der Waals surface area contributed by atoms with Crippen LogP contribution in [0.4, 0.5) is 0 Å². The highest BCUT2D eigenvalue weighted by Crippen LogP contribution is 2.23. The Morgan fingerprint density at radius 1 is 1.53 bits per heavy atom. The summed E-state index contributed by atoms with van der Waals surface area (Å²) in [5, 5.41) is 21.2. The van der Waals surface area contributed by atoms with E-state index in [1.165, 1.54) is 0 Å². The van der Waals surface area contributed by atoms with Crippen molar-refractivity contribution in [2.24, 2.45) is 10.9 Å². The van der Waals surface area contributed by atoms with E-state index in [9.17, 15) is 5.11 Å². The smallest absolute Gasteiger partial charge is 0.140 e. The summed E-state index contributed by atoms with van der Waals surface area (Å²) >= 11 is 0. The molecule has 88 valence electrons. The van der Waals surface area contributed by atoms with Crippen molar-refractivity contribution in [1.29, 1.82) is 0 Å². The van der Waals surface area contributed by atoms with Gasteiger partial charge < -0.3 is 16.0 Å². The summed E-state index contributed by atoms with van der Waals surface area (Å²) in [4.78, 5) is 2.26. The van der Waals surface area contributed by atoms with Gasteiger partial charge in [0.25, 0.3) is 0 Å². The molecule has 1 heterocycles. The van der Waals surface area contributed by atoms with Crippen LogP contribution in [0.1, 0.15) is 33.1 Å². The van der Waals surface area contributed by atoms with Gasteiger partial charge >= 0.3 is 0 Å². The highest BCUT2D eigenvalue weighted by molar-refractivity contribution is 5.80. The molecule has 0 bridgehead atoms. The molecule has 1 saturated heterocycles. The Kier molecular flexibility index (Phi) is 3.93. The van der Waals surface area contributed by atoms with Gasteiger partial charge in [-0.3, -0.25) is 4.90 Å². The first-order valence-electron chi connectivity index (χ1n) is 5.37. The van der Waals surface area contributed by atoms with Crippen LogP contribution in [0.3, 0.4) is 0 Å². The third kappa shape index (κ3) is 3.68. The maximum atomic E-state index is 9.79. The molecule has 1 unspecified atom stereocenters. The molecule has 0 aromatic heterocycles. The van der Waals surface area contributed by atoms with E-state index in [2.05, 4.69) is 17.0 Å². The minimum Gasteiger partial charge on any atom is -0.409 e. The molecule has 5 nitrogen and oxygen atoms in total. The molecule has 0 spiro atoms. The summed E-state index contributed by atoms with van der Waals surface area (Å²) < 4.78 is 0. The van der Waals surface area contributed by atoms with E-state index in [1.54, 1.807) is 0 Å². The molecule has 1 aliphatic heterocycles. The van der Waals surface area contributed by atoms with Gasteiger partial charge in [-0.05, 0) is 26.7 Å². The SMILES string of the molecule is CC(CC(N)=NO)N1CCC(C)(O)CC1. The second kappa shape index (κ2) is 4.81. The summed E-state index contributed by atoms with van der Waals surface area (Å²) in [5.74, 6) is 0.264. The number of hydrogen-bond donors (Lipinski definition) is 3. The predicted molar refractivity (Wildman–Crippen MR) is 58.9 cm³/mol. The Balaban J connectivity index is 2.39. The van der Waals surface area contributed by atoms with Crippen molar-refractivity contribution in [2.75, 3.05) is 13.1 Å². The number of nitrogens with zero attached hydrogens (tertiary/aromatic N) is 2. The average Bonchev–Trinajstić information content (AvgIpc) is 2.17. The van der Waals surface area contributed by atoms with E-state index >= 15 is 0 Å². The van der Waals surface area contributed by atoms with Gasteiger partial charge in [-0.1, -0.05) is 5.16 Å². The zero-order chi connectivity index (χ0) is 11.5. The number of amidine groups is 1. The van der Waals surface area contributed by atoms with E-state index in [0.29, 0.717) is 6.42 Å². The standard InChI is InChI=1S/C10H21N3O2/c1-8(7-9(11)12-15)13-5-3-10(2,14)4-6-13/h8,14-15H,3-7H2,1-2H3,(H2,11,12). The van der Waals surface area contributed by atoms with Gasteiger partial charge in [0.05, 0.1) is 5.60 Å². The molecule has 0 aromatic carbocycles. The summed E-state index contributed by atoms with van der Waals surface area (Å²) in [6, 6.07) is 0.261. The van der Waals surface area contributed by atoms with Crippen LogP contribution >= 0.6 is 0 Å². The lowest BCUT2D eigenvalue weighted by Crippen LogP contribution is -2.47. The summed E-state index contributed by atoms with van der Waals surface area (Å²) in [5.41, 5.74) is 4.94. The van der Waals surface area contributed by atoms with Gasteiger partial charge in [-0.2, -0.15) is 0 Å². The first-order valence-corrected chi connectivity index (χ1v) is 5.37. The normalized spacial score (nSPS) is 25.1. The van der Waals surface area contributed by atoms with Crippen molar-refractivity contribution >= 4 is 5.84 Å². The number of piperidine rings is 1. The monoisotopic (exact) mass is 215 g/mol. The highest BCUT2D eigenvalue weighted by Gasteiger charge is 2.29. The zero-order valence-electron chi connectivity index (χ0n) is 9.48. The van der Waals surface area contributed by atoms with Crippen LogP contribution in [0.5, 0.6) is 0 Å². The van der Waals surface area contributed by atoms with Gasteiger partial charge in [0, 0.05) is 25.6 Å². The average molecular weight is 215 g/mol. The first kappa shape index (κ1) is 12.3. The summed E-state index contributed by atoms with van der Waals surface area (Å²) in [7, 11) is 0. The van der Waals surface area contributed by atoms with E-state index in [4.69, 9.17) is 10.9 Å². The van der Waals surface area contributed by atoms with Crippen molar-refractivity contribution in [2.45, 2.75) is 44.8 Å². The minimum atomic E-state index is -0.521. The van der Waals surface area contributed by atoms with Crippen LogP contribution in [-0.4, -0.2) is 45.8 Å². The van der Waals surface area contributed by atoms with E-state index in [1.807, 2.05) is 6.92 Å². The Morgan fingerprint density at radius 2 is 2.07 bits per heavy atom. The fourth-order valence-corrected chi connectivity index (χ4v) is 1.92. The van der Waals surface area contributed by atoms with Crippen molar-refractivity contribution in [1.82, 2.24) is 4.90 Å². The third-order valence-corrected chi connectivity index (χ3v) is 3.13. The molecule has 15 heavy (non-hydrogen) atoms. The lowest BCUT2D eigenvalue weighted by molar-refractivity contribution is -0.0138. The predicted octanol–water partition coefficient (Wildman–Crippen LogP) is 0.358. The molecule has 1 fully saturated rings. The Labute approximate surface area is 90.6 Å². The van der Waals surface area contributed by atoms with E-state index < -0.39 is 5.60 Å². The Hall–Kier alpha value is -0.810. The topological polar surface area (TPSA) is 82.1 Å². The van der Waals surface area contributed by atoms with Crippen LogP contribution in [0, 0.1) is 0 Å². The maximum Gasteiger partial charge on any atom is 0.140 e. The van der Waals surface area contributed by atoms with Crippen LogP contribution in [0.25, 0.3) is 0 Å². The van der Waals surface area contributed by atoms with Crippen LogP contribution in [0.15, 0.2) is 5.16 Å². The van der Waals surface area contributed by atoms with Crippen molar-refractivity contribution in [3.05, 3.63) is 0 Å². The maximum absolute atomic E-state index is 9.79. The lowest BCUT2D eigenvalue weighted by Gasteiger charge is -2.38. The quantitative estimate of drug-likeness (QED) is 0.275. The molecule has 1 atom stereocenters. The number of rotatable bonds is 3. The highest BCUT2D eigenvalue weighted by atomic mass is 16.4. The van der Waals surface area contributed by atoms with Crippen molar-refractivity contribution in [3.63, 3.8) is 0 Å². The fourth-order valence-electron chi connectivity index (χ4n) is 1.92. The second-order valence-corrected chi connectivity index (χ2v) is 4.68. The molecule has 5 heteroatoms. The number of nitrogens with two attached hydrogens (primary N) is 1. The van der Waals surface area contributed by atoms with Gasteiger partial charge in [0.2, 0.25) is 0 Å². The molecule has 0 aliphatic carbocycles. The Morgan fingerprint density at radius 3 is 2.53 bits per heavy atom. The molecule has 0 saturated carbocycles. The first-order chi connectivity index (χ1) is 6.94. The molecule has 0 amide bonds. The molecule has 1 aliphatic rings. The number of oxime groups is 1. The zero-order valence-corrected chi connectivity index (χ0v) is 9.48. The molecular weight excluding hydrogens is 194 g/mol. The van der Waals surface area contributed by atoms with Gasteiger partial charge in [0.1, 0.15) is 5.84 Å². The molecular formula is C10H21N3O2. The summed E-state index contributed by atoms with van der Waals surface area (Å²) in [6.45, 7) is 5.66. The lowest BCUT2D eigenvalue weighted by atomic mass is 9.93. The molecule has 4 N–H and O–H groups in total. The van der Waals surface area contributed by atoms with Crippen LogP contribution in [0.2, 0.25) is 0 Å². The number of likely N-dealkylation sites (tertiary alicyclic amines) is 1. The number of hydrogen-bond acceptors (Lipinski definition) is 4. The van der Waals surface area contributed by atoms with Gasteiger partial charge in [-0.15, -0.1) is 0 Å². The molecule has 0 aromatic rings. The van der Waals surface area contributed by atoms with Gasteiger partial charge in [0.15, 0.2) is 0 Å².